The van der Waals surface area contributed by atoms with Crippen molar-refractivity contribution in [3.63, 3.8) is 0 Å². The van der Waals surface area contributed by atoms with Gasteiger partial charge in [-0.05, 0) is 36.3 Å². The Bertz CT molecular complexity index is 623. The van der Waals surface area contributed by atoms with Crippen LogP contribution in [0.1, 0.15) is 18.1 Å². The van der Waals surface area contributed by atoms with Gasteiger partial charge in [0.15, 0.2) is 0 Å². The molecule has 2 aromatic carbocycles. The number of halogens is 1. The summed E-state index contributed by atoms with van der Waals surface area (Å²) in [6, 6.07) is 15.7. The molecule has 0 radical (unpaired) electrons. The number of hydrogen-bond donors (Lipinski definition) is 1. The maximum atomic E-state index is 12.8. The molecule has 0 aliphatic heterocycles. The monoisotopic (exact) mass is 298 g/mol. The van der Waals surface area contributed by atoms with Gasteiger partial charge in [0.25, 0.3) is 0 Å². The minimum Gasteiger partial charge on any atom is -0.321 e. The first kappa shape index (κ1) is 15.8. The highest BCUT2D eigenvalue weighted by molar-refractivity contribution is 5.76. The maximum Gasteiger partial charge on any atom is 0.321 e. The standard InChI is InChI=1S/C18H19FN2O/c1-2-21(14-16-6-4-3-5-7-16)18(22)20-13-12-15-8-10-17(19)11-9-15/h3-13H,2,14H2,1H3,(H,20,22)/b13-12+. The van der Waals surface area contributed by atoms with E-state index in [0.717, 1.165) is 11.1 Å². The van der Waals surface area contributed by atoms with E-state index >= 15 is 0 Å². The second kappa shape index (κ2) is 7.98. The molecule has 114 valence electrons. The van der Waals surface area contributed by atoms with Crippen molar-refractivity contribution in [2.24, 2.45) is 0 Å². The smallest absolute Gasteiger partial charge is 0.321 e. The van der Waals surface area contributed by atoms with E-state index in [0.29, 0.717) is 13.1 Å². The summed E-state index contributed by atoms with van der Waals surface area (Å²) in [5.74, 6) is -0.277. The molecule has 4 heteroatoms. The van der Waals surface area contributed by atoms with Crippen molar-refractivity contribution in [1.29, 1.82) is 0 Å². The third-order valence-corrected chi connectivity index (χ3v) is 3.24. The zero-order valence-corrected chi connectivity index (χ0v) is 12.5. The maximum absolute atomic E-state index is 12.8. The molecule has 2 rings (SSSR count). The summed E-state index contributed by atoms with van der Waals surface area (Å²) in [5.41, 5.74) is 1.91. The lowest BCUT2D eigenvalue weighted by molar-refractivity contribution is 0.202. The van der Waals surface area contributed by atoms with Crippen LogP contribution in [0.5, 0.6) is 0 Å². The highest BCUT2D eigenvalue weighted by atomic mass is 19.1. The van der Waals surface area contributed by atoms with Crippen molar-refractivity contribution in [1.82, 2.24) is 10.2 Å². The summed E-state index contributed by atoms with van der Waals surface area (Å²) in [6.07, 6.45) is 3.30. The first-order valence-corrected chi connectivity index (χ1v) is 7.20. The van der Waals surface area contributed by atoms with E-state index in [1.54, 1.807) is 29.3 Å². The minimum absolute atomic E-state index is 0.162. The Hall–Kier alpha value is -2.62. The topological polar surface area (TPSA) is 32.3 Å². The molecule has 0 saturated heterocycles. The normalized spacial score (nSPS) is 10.6. The predicted octanol–water partition coefficient (Wildman–Crippen LogP) is 4.03. The lowest BCUT2D eigenvalue weighted by Crippen LogP contribution is -2.36. The number of rotatable bonds is 5. The van der Waals surface area contributed by atoms with Gasteiger partial charge in [0, 0.05) is 19.3 Å². The first-order valence-electron chi connectivity index (χ1n) is 7.20. The fourth-order valence-corrected chi connectivity index (χ4v) is 2.01. The average Bonchev–Trinajstić information content (AvgIpc) is 2.55. The summed E-state index contributed by atoms with van der Waals surface area (Å²) in [5, 5.41) is 2.73. The second-order valence-electron chi connectivity index (χ2n) is 4.83. The number of carbonyl (C=O) groups is 1. The number of amides is 2. The SMILES string of the molecule is CCN(Cc1ccccc1)C(=O)N/C=C/c1ccc(F)cc1. The van der Waals surface area contributed by atoms with Crippen LogP contribution in [0.15, 0.2) is 60.8 Å². The van der Waals surface area contributed by atoms with Crippen LogP contribution < -0.4 is 5.32 Å². The van der Waals surface area contributed by atoms with Crippen LogP contribution in [0.25, 0.3) is 6.08 Å². The van der Waals surface area contributed by atoms with Crippen LogP contribution in [-0.2, 0) is 6.54 Å². The van der Waals surface area contributed by atoms with Crippen LogP contribution >= 0.6 is 0 Å². The Labute approximate surface area is 130 Å². The van der Waals surface area contributed by atoms with Gasteiger partial charge >= 0.3 is 6.03 Å². The van der Waals surface area contributed by atoms with E-state index in [4.69, 9.17) is 0 Å². The summed E-state index contributed by atoms with van der Waals surface area (Å²) >= 11 is 0. The fraction of sp³-hybridized carbons (Fsp3) is 0.167. The lowest BCUT2D eigenvalue weighted by atomic mass is 10.2. The van der Waals surface area contributed by atoms with E-state index in [2.05, 4.69) is 5.32 Å². The summed E-state index contributed by atoms with van der Waals surface area (Å²) in [4.78, 5) is 13.8. The number of nitrogens with one attached hydrogen (secondary N) is 1. The van der Waals surface area contributed by atoms with Gasteiger partial charge in [0.05, 0.1) is 0 Å². The molecule has 0 unspecified atom stereocenters. The summed E-state index contributed by atoms with van der Waals surface area (Å²) in [7, 11) is 0. The van der Waals surface area contributed by atoms with Gasteiger partial charge in [0.1, 0.15) is 5.82 Å². The second-order valence-corrected chi connectivity index (χ2v) is 4.83. The largest absolute Gasteiger partial charge is 0.321 e. The number of nitrogens with zero attached hydrogens (tertiary/aromatic N) is 1. The van der Waals surface area contributed by atoms with Gasteiger partial charge in [0.2, 0.25) is 0 Å². The molecule has 0 fully saturated rings. The molecule has 0 aliphatic rings. The molecular formula is C18H19FN2O. The molecule has 0 aliphatic carbocycles. The molecule has 0 spiro atoms. The Balaban J connectivity index is 1.90. The van der Waals surface area contributed by atoms with E-state index in [-0.39, 0.29) is 11.8 Å². The Morgan fingerprint density at radius 3 is 2.45 bits per heavy atom. The highest BCUT2D eigenvalue weighted by Crippen LogP contribution is 2.06. The van der Waals surface area contributed by atoms with Crippen molar-refractivity contribution in [3.8, 4) is 0 Å². The molecule has 2 amide bonds. The fourth-order valence-electron chi connectivity index (χ4n) is 2.01. The molecule has 3 nitrogen and oxygen atoms in total. The molecule has 1 N–H and O–H groups in total. The number of hydrogen-bond acceptors (Lipinski definition) is 1. The van der Waals surface area contributed by atoms with Gasteiger partial charge in [-0.2, -0.15) is 0 Å². The minimum atomic E-state index is -0.277. The van der Waals surface area contributed by atoms with Crippen molar-refractivity contribution < 1.29 is 9.18 Å². The Morgan fingerprint density at radius 2 is 1.82 bits per heavy atom. The van der Waals surface area contributed by atoms with Gasteiger partial charge in [-0.1, -0.05) is 42.5 Å². The zero-order valence-electron chi connectivity index (χ0n) is 12.5. The van der Waals surface area contributed by atoms with Crippen LogP contribution in [0.3, 0.4) is 0 Å². The number of carbonyl (C=O) groups excluding carboxylic acids is 1. The number of urea groups is 1. The lowest BCUT2D eigenvalue weighted by Gasteiger charge is -2.20. The van der Waals surface area contributed by atoms with E-state index < -0.39 is 0 Å². The van der Waals surface area contributed by atoms with Crippen molar-refractivity contribution in [3.05, 3.63) is 77.7 Å². The Kier molecular flexibility index (Phi) is 5.72. The quantitative estimate of drug-likeness (QED) is 0.888. The predicted molar refractivity (Wildman–Crippen MR) is 86.5 cm³/mol. The molecule has 0 bridgehead atoms. The molecular weight excluding hydrogens is 279 g/mol. The van der Waals surface area contributed by atoms with Gasteiger partial charge < -0.3 is 10.2 Å². The average molecular weight is 298 g/mol. The molecule has 22 heavy (non-hydrogen) atoms. The molecule has 0 atom stereocenters. The van der Waals surface area contributed by atoms with Gasteiger partial charge in [-0.25, -0.2) is 9.18 Å². The number of benzene rings is 2. The molecule has 0 saturated carbocycles. The van der Waals surface area contributed by atoms with Crippen LogP contribution in [-0.4, -0.2) is 17.5 Å². The van der Waals surface area contributed by atoms with Crippen molar-refractivity contribution >= 4 is 12.1 Å². The van der Waals surface area contributed by atoms with E-state index in [9.17, 15) is 9.18 Å². The molecule has 2 aromatic rings. The van der Waals surface area contributed by atoms with Crippen LogP contribution in [0, 0.1) is 5.82 Å². The molecule has 0 heterocycles. The van der Waals surface area contributed by atoms with E-state index in [1.165, 1.54) is 12.1 Å². The van der Waals surface area contributed by atoms with Crippen molar-refractivity contribution in [2.45, 2.75) is 13.5 Å². The van der Waals surface area contributed by atoms with Gasteiger partial charge in [-0.3, -0.25) is 0 Å². The molecule has 0 aromatic heterocycles. The summed E-state index contributed by atoms with van der Waals surface area (Å²) in [6.45, 7) is 3.12. The van der Waals surface area contributed by atoms with Crippen LogP contribution in [0.2, 0.25) is 0 Å². The third-order valence-electron chi connectivity index (χ3n) is 3.24. The highest BCUT2D eigenvalue weighted by Gasteiger charge is 2.09. The van der Waals surface area contributed by atoms with Crippen molar-refractivity contribution in [2.75, 3.05) is 6.54 Å². The van der Waals surface area contributed by atoms with Crippen LogP contribution in [0.4, 0.5) is 9.18 Å². The third kappa shape index (κ3) is 4.74. The summed E-state index contributed by atoms with van der Waals surface area (Å²) < 4.78 is 12.8. The Morgan fingerprint density at radius 1 is 1.14 bits per heavy atom. The van der Waals surface area contributed by atoms with E-state index in [1.807, 2.05) is 37.3 Å². The first-order chi connectivity index (χ1) is 10.7. The zero-order chi connectivity index (χ0) is 15.8. The van der Waals surface area contributed by atoms with Gasteiger partial charge in [-0.15, -0.1) is 0 Å².